The fourth-order valence-electron chi connectivity index (χ4n) is 4.16. The normalized spacial score (nSPS) is 12.6. The number of aryl methyl sites for hydroxylation is 2. The van der Waals surface area contributed by atoms with Gasteiger partial charge in [0.1, 0.15) is 6.61 Å². The summed E-state index contributed by atoms with van der Waals surface area (Å²) < 4.78 is 5.56. The van der Waals surface area contributed by atoms with Crippen molar-refractivity contribution in [2.24, 2.45) is 0 Å². The largest absolute Gasteiger partial charge is 0.449 e. The molecule has 1 aliphatic carbocycles. The number of rotatable bonds is 6. The molecule has 0 heterocycles. The number of alkyl carbamates (subject to hydrolysis) is 1. The first kappa shape index (κ1) is 20.7. The van der Waals surface area contributed by atoms with Gasteiger partial charge in [-0.15, -0.1) is 0 Å². The van der Waals surface area contributed by atoms with Crippen LogP contribution in [0, 0.1) is 13.8 Å². The van der Waals surface area contributed by atoms with Gasteiger partial charge in [0.15, 0.2) is 0 Å². The maximum absolute atomic E-state index is 12.2. The Morgan fingerprint density at radius 2 is 1.65 bits per heavy atom. The van der Waals surface area contributed by atoms with E-state index in [4.69, 9.17) is 10.5 Å². The number of amides is 1. The van der Waals surface area contributed by atoms with Gasteiger partial charge in [-0.1, -0.05) is 60.7 Å². The van der Waals surface area contributed by atoms with Crippen molar-refractivity contribution in [3.8, 4) is 11.1 Å². The van der Waals surface area contributed by atoms with E-state index in [-0.39, 0.29) is 12.0 Å². The van der Waals surface area contributed by atoms with Gasteiger partial charge in [-0.3, -0.25) is 0 Å². The third-order valence-corrected chi connectivity index (χ3v) is 5.88. The Balaban J connectivity index is 1.28. The van der Waals surface area contributed by atoms with Crippen LogP contribution in [0.5, 0.6) is 0 Å². The van der Waals surface area contributed by atoms with Gasteiger partial charge in [0.25, 0.3) is 0 Å². The lowest BCUT2D eigenvalue weighted by molar-refractivity contribution is 0.143. The molecule has 0 unspecified atom stereocenters. The van der Waals surface area contributed by atoms with E-state index >= 15 is 0 Å². The summed E-state index contributed by atoms with van der Waals surface area (Å²) in [6.07, 6.45) is 4.48. The van der Waals surface area contributed by atoms with Crippen LogP contribution in [-0.4, -0.2) is 19.2 Å². The van der Waals surface area contributed by atoms with E-state index in [1.54, 1.807) is 0 Å². The van der Waals surface area contributed by atoms with E-state index in [2.05, 4.69) is 47.8 Å². The van der Waals surface area contributed by atoms with Gasteiger partial charge in [-0.05, 0) is 71.3 Å². The number of nitrogens with two attached hydrogens (primary N) is 1. The second-order valence-electron chi connectivity index (χ2n) is 8.01. The quantitative estimate of drug-likeness (QED) is 0.396. The highest BCUT2D eigenvalue weighted by molar-refractivity contribution is 5.79. The van der Waals surface area contributed by atoms with E-state index in [0.717, 1.165) is 28.8 Å². The summed E-state index contributed by atoms with van der Waals surface area (Å²) in [5.74, 6) is 0.0785. The third kappa shape index (κ3) is 4.48. The van der Waals surface area contributed by atoms with Crippen LogP contribution in [0.1, 0.15) is 40.2 Å². The second kappa shape index (κ2) is 9.09. The summed E-state index contributed by atoms with van der Waals surface area (Å²) in [6, 6.07) is 20.7. The molecule has 0 fully saturated rings. The maximum atomic E-state index is 12.2. The van der Waals surface area contributed by atoms with Gasteiger partial charge < -0.3 is 15.8 Å². The molecule has 158 valence electrons. The topological polar surface area (TPSA) is 64.3 Å². The lowest BCUT2D eigenvalue weighted by Crippen LogP contribution is -2.26. The molecule has 0 radical (unpaired) electrons. The molecule has 3 aromatic rings. The zero-order valence-electron chi connectivity index (χ0n) is 18.0. The first-order valence-corrected chi connectivity index (χ1v) is 10.7. The lowest BCUT2D eigenvalue weighted by Gasteiger charge is -2.14. The van der Waals surface area contributed by atoms with Crippen LogP contribution in [0.4, 0.5) is 10.5 Å². The Morgan fingerprint density at radius 1 is 1.00 bits per heavy atom. The van der Waals surface area contributed by atoms with Crippen molar-refractivity contribution in [2.75, 3.05) is 18.9 Å². The standard InChI is InChI=1S/C27H28N2O2/c1-18-16-26(28)19(2)15-20(18)9-7-8-14-29-27(30)31-17-25-23-12-5-3-10-21(23)22-11-4-6-13-24(22)25/h3-7,9-13,15-16,25H,8,14,17,28H2,1-2H3,(H,29,30). The highest BCUT2D eigenvalue weighted by Gasteiger charge is 2.28. The van der Waals surface area contributed by atoms with Crippen LogP contribution in [0.2, 0.25) is 0 Å². The van der Waals surface area contributed by atoms with Gasteiger partial charge in [0.2, 0.25) is 0 Å². The molecule has 0 atom stereocenters. The van der Waals surface area contributed by atoms with E-state index < -0.39 is 0 Å². The Bertz CT molecular complexity index is 1090. The molecule has 1 amide bonds. The predicted molar refractivity (Wildman–Crippen MR) is 127 cm³/mol. The molecular formula is C27H28N2O2. The average Bonchev–Trinajstić information content (AvgIpc) is 3.09. The molecule has 0 aliphatic heterocycles. The number of nitrogen functional groups attached to an aromatic ring is 1. The molecule has 4 rings (SSSR count). The maximum Gasteiger partial charge on any atom is 0.407 e. The highest BCUT2D eigenvalue weighted by atomic mass is 16.5. The van der Waals surface area contributed by atoms with Crippen LogP contribution in [0.15, 0.2) is 66.7 Å². The van der Waals surface area contributed by atoms with Crippen molar-refractivity contribution in [3.63, 3.8) is 0 Å². The number of anilines is 1. The van der Waals surface area contributed by atoms with E-state index in [1.807, 2.05) is 44.2 Å². The van der Waals surface area contributed by atoms with Crippen LogP contribution < -0.4 is 11.1 Å². The number of fused-ring (bicyclic) bond motifs is 3. The molecule has 3 aromatic carbocycles. The number of ether oxygens (including phenoxy) is 1. The van der Waals surface area contributed by atoms with Crippen molar-refractivity contribution < 1.29 is 9.53 Å². The van der Waals surface area contributed by atoms with E-state index in [1.165, 1.54) is 22.3 Å². The van der Waals surface area contributed by atoms with Gasteiger partial charge in [0, 0.05) is 18.2 Å². The monoisotopic (exact) mass is 412 g/mol. The van der Waals surface area contributed by atoms with Gasteiger partial charge >= 0.3 is 6.09 Å². The van der Waals surface area contributed by atoms with Gasteiger partial charge in [0.05, 0.1) is 0 Å². The van der Waals surface area contributed by atoms with E-state index in [0.29, 0.717) is 13.2 Å². The summed E-state index contributed by atoms with van der Waals surface area (Å²) in [5, 5.41) is 2.84. The van der Waals surface area contributed by atoms with Crippen molar-refractivity contribution in [3.05, 3.63) is 94.6 Å². The van der Waals surface area contributed by atoms with Crippen molar-refractivity contribution in [2.45, 2.75) is 26.2 Å². The summed E-state index contributed by atoms with van der Waals surface area (Å²) >= 11 is 0. The molecule has 0 saturated heterocycles. The Kier molecular flexibility index (Phi) is 6.08. The van der Waals surface area contributed by atoms with Crippen LogP contribution in [-0.2, 0) is 4.74 Å². The molecule has 0 spiro atoms. The SMILES string of the molecule is Cc1cc(C=CCCNC(=O)OCC2c3ccccc3-c3ccccc32)c(C)cc1N. The molecule has 31 heavy (non-hydrogen) atoms. The molecule has 4 nitrogen and oxygen atoms in total. The van der Waals surface area contributed by atoms with Crippen molar-refractivity contribution in [1.82, 2.24) is 5.32 Å². The van der Waals surface area contributed by atoms with Gasteiger partial charge in [-0.2, -0.15) is 0 Å². The first-order valence-electron chi connectivity index (χ1n) is 10.7. The first-order chi connectivity index (χ1) is 15.0. The summed E-state index contributed by atoms with van der Waals surface area (Å²) in [4.78, 5) is 12.2. The van der Waals surface area contributed by atoms with Crippen LogP contribution in [0.3, 0.4) is 0 Å². The van der Waals surface area contributed by atoms with Crippen molar-refractivity contribution in [1.29, 1.82) is 0 Å². The fraction of sp³-hybridized carbons (Fsp3) is 0.222. The number of hydrogen-bond donors (Lipinski definition) is 2. The molecule has 3 N–H and O–H groups in total. The molecule has 0 saturated carbocycles. The summed E-state index contributed by atoms with van der Waals surface area (Å²) in [5.41, 5.74) is 15.0. The van der Waals surface area contributed by atoms with E-state index in [9.17, 15) is 4.79 Å². The molecule has 0 bridgehead atoms. The van der Waals surface area contributed by atoms with Crippen LogP contribution in [0.25, 0.3) is 17.2 Å². The number of carbonyl (C=O) groups is 1. The third-order valence-electron chi connectivity index (χ3n) is 5.88. The number of hydrogen-bond acceptors (Lipinski definition) is 3. The molecule has 4 heteroatoms. The second-order valence-corrected chi connectivity index (χ2v) is 8.01. The number of nitrogens with one attached hydrogen (secondary N) is 1. The number of benzene rings is 3. The smallest absolute Gasteiger partial charge is 0.407 e. The predicted octanol–water partition coefficient (Wildman–Crippen LogP) is 5.83. The molecule has 0 aromatic heterocycles. The van der Waals surface area contributed by atoms with Crippen LogP contribution >= 0.6 is 0 Å². The minimum Gasteiger partial charge on any atom is -0.449 e. The molecule has 1 aliphatic rings. The zero-order chi connectivity index (χ0) is 21.8. The summed E-state index contributed by atoms with van der Waals surface area (Å²) in [6.45, 7) is 4.91. The minimum atomic E-state index is -0.380. The number of carbonyl (C=O) groups excluding carboxylic acids is 1. The zero-order valence-corrected chi connectivity index (χ0v) is 18.0. The minimum absolute atomic E-state index is 0.0785. The van der Waals surface area contributed by atoms with Gasteiger partial charge in [-0.25, -0.2) is 4.79 Å². The Hall–Kier alpha value is -3.53. The lowest BCUT2D eigenvalue weighted by atomic mass is 9.98. The summed E-state index contributed by atoms with van der Waals surface area (Å²) in [7, 11) is 0. The fourth-order valence-corrected chi connectivity index (χ4v) is 4.16. The highest BCUT2D eigenvalue weighted by Crippen LogP contribution is 2.44. The van der Waals surface area contributed by atoms with Crippen molar-refractivity contribution >= 4 is 17.9 Å². The molecular weight excluding hydrogens is 384 g/mol. The average molecular weight is 413 g/mol. The Labute approximate surface area is 183 Å². The Morgan fingerprint density at radius 3 is 2.32 bits per heavy atom.